The first-order valence-corrected chi connectivity index (χ1v) is 8.17. The standard InChI is InChI=1S/C20H20N2O4/c1-13-19(14(2)26-22-13)12-25-18-9-4-6-15(10-18)20(23)21-16-7-5-8-17(11-16)24-3/h4-11H,12H2,1-3H3,(H,21,23). The van der Waals surface area contributed by atoms with Gasteiger partial charge in [-0.05, 0) is 44.2 Å². The number of hydrogen-bond acceptors (Lipinski definition) is 5. The lowest BCUT2D eigenvalue weighted by atomic mass is 10.2. The molecule has 0 spiro atoms. The fourth-order valence-electron chi connectivity index (χ4n) is 2.49. The van der Waals surface area contributed by atoms with Crippen molar-refractivity contribution in [3.8, 4) is 11.5 Å². The largest absolute Gasteiger partial charge is 0.497 e. The first-order valence-electron chi connectivity index (χ1n) is 8.17. The number of amides is 1. The zero-order valence-electron chi connectivity index (χ0n) is 14.9. The Morgan fingerprint density at radius 2 is 1.88 bits per heavy atom. The van der Waals surface area contributed by atoms with Gasteiger partial charge in [-0.15, -0.1) is 0 Å². The van der Waals surface area contributed by atoms with Gasteiger partial charge in [-0.1, -0.05) is 17.3 Å². The quantitative estimate of drug-likeness (QED) is 0.722. The predicted octanol–water partition coefficient (Wildman–Crippen LogP) is 4.13. The molecule has 2 aromatic carbocycles. The van der Waals surface area contributed by atoms with E-state index in [-0.39, 0.29) is 5.91 Å². The molecule has 0 bridgehead atoms. The molecule has 0 radical (unpaired) electrons. The molecule has 0 aliphatic heterocycles. The topological polar surface area (TPSA) is 73.6 Å². The van der Waals surface area contributed by atoms with Gasteiger partial charge in [-0.2, -0.15) is 0 Å². The van der Waals surface area contributed by atoms with Crippen LogP contribution in [0.1, 0.15) is 27.4 Å². The van der Waals surface area contributed by atoms with Crippen molar-refractivity contribution in [3.05, 3.63) is 71.1 Å². The summed E-state index contributed by atoms with van der Waals surface area (Å²) in [6.07, 6.45) is 0. The van der Waals surface area contributed by atoms with Crippen molar-refractivity contribution < 1.29 is 18.8 Å². The summed E-state index contributed by atoms with van der Waals surface area (Å²) in [4.78, 5) is 12.5. The molecule has 1 heterocycles. The summed E-state index contributed by atoms with van der Waals surface area (Å²) in [7, 11) is 1.58. The Kier molecular flexibility index (Phi) is 5.22. The second kappa shape index (κ2) is 7.74. The van der Waals surface area contributed by atoms with Crippen molar-refractivity contribution in [2.24, 2.45) is 0 Å². The number of anilines is 1. The lowest BCUT2D eigenvalue weighted by molar-refractivity contribution is 0.102. The first-order chi connectivity index (χ1) is 12.6. The lowest BCUT2D eigenvalue weighted by Crippen LogP contribution is -2.12. The third kappa shape index (κ3) is 4.03. The molecule has 3 aromatic rings. The zero-order valence-corrected chi connectivity index (χ0v) is 14.9. The molecule has 1 aromatic heterocycles. The van der Waals surface area contributed by atoms with E-state index in [0.717, 1.165) is 17.0 Å². The van der Waals surface area contributed by atoms with Gasteiger partial charge in [-0.25, -0.2) is 0 Å². The Morgan fingerprint density at radius 1 is 1.12 bits per heavy atom. The van der Waals surface area contributed by atoms with E-state index in [9.17, 15) is 4.79 Å². The molecule has 134 valence electrons. The molecule has 1 N–H and O–H groups in total. The molecule has 3 rings (SSSR count). The molecule has 1 amide bonds. The molecule has 26 heavy (non-hydrogen) atoms. The normalized spacial score (nSPS) is 10.4. The van der Waals surface area contributed by atoms with Gasteiger partial charge in [0, 0.05) is 17.3 Å². The van der Waals surface area contributed by atoms with Gasteiger partial charge in [0.2, 0.25) is 0 Å². The summed E-state index contributed by atoms with van der Waals surface area (Å²) >= 11 is 0. The van der Waals surface area contributed by atoms with Gasteiger partial charge in [0.15, 0.2) is 0 Å². The molecule has 0 unspecified atom stereocenters. The van der Waals surface area contributed by atoms with Crippen molar-refractivity contribution in [1.82, 2.24) is 5.16 Å². The molecule has 0 aliphatic carbocycles. The Balaban J connectivity index is 1.69. The monoisotopic (exact) mass is 352 g/mol. The maximum Gasteiger partial charge on any atom is 0.255 e. The molecule has 0 atom stereocenters. The number of nitrogens with zero attached hydrogens (tertiary/aromatic N) is 1. The van der Waals surface area contributed by atoms with Crippen molar-refractivity contribution in [2.45, 2.75) is 20.5 Å². The van der Waals surface area contributed by atoms with Crippen LogP contribution in [0.2, 0.25) is 0 Å². The summed E-state index contributed by atoms with van der Waals surface area (Å²) in [6.45, 7) is 4.05. The summed E-state index contributed by atoms with van der Waals surface area (Å²) in [5.41, 5.74) is 2.88. The van der Waals surface area contributed by atoms with Crippen LogP contribution < -0.4 is 14.8 Å². The van der Waals surface area contributed by atoms with Crippen molar-refractivity contribution in [2.75, 3.05) is 12.4 Å². The van der Waals surface area contributed by atoms with Crippen LogP contribution in [-0.4, -0.2) is 18.2 Å². The Labute approximate surface area is 151 Å². The maximum absolute atomic E-state index is 12.5. The minimum atomic E-state index is -0.221. The van der Waals surface area contributed by atoms with Crippen LogP contribution in [0, 0.1) is 13.8 Å². The van der Waals surface area contributed by atoms with Crippen LogP contribution in [-0.2, 0) is 6.61 Å². The number of hydrogen-bond donors (Lipinski definition) is 1. The van der Waals surface area contributed by atoms with E-state index < -0.39 is 0 Å². The third-order valence-corrected chi connectivity index (χ3v) is 3.99. The molecule has 6 heteroatoms. The molecular weight excluding hydrogens is 332 g/mol. The second-order valence-electron chi connectivity index (χ2n) is 5.81. The van der Waals surface area contributed by atoms with Crippen molar-refractivity contribution in [1.29, 1.82) is 0 Å². The third-order valence-electron chi connectivity index (χ3n) is 3.99. The highest BCUT2D eigenvalue weighted by Gasteiger charge is 2.11. The molecule has 6 nitrogen and oxygen atoms in total. The Hall–Kier alpha value is -3.28. The van der Waals surface area contributed by atoms with Crippen LogP contribution in [0.15, 0.2) is 53.1 Å². The van der Waals surface area contributed by atoms with E-state index in [1.54, 1.807) is 43.5 Å². The highest BCUT2D eigenvalue weighted by molar-refractivity contribution is 6.04. The van der Waals surface area contributed by atoms with Gasteiger partial charge < -0.3 is 19.3 Å². The number of nitrogens with one attached hydrogen (secondary N) is 1. The van der Waals surface area contributed by atoms with Gasteiger partial charge in [-0.3, -0.25) is 4.79 Å². The van der Waals surface area contributed by atoms with Gasteiger partial charge in [0.05, 0.1) is 18.4 Å². The highest BCUT2D eigenvalue weighted by atomic mass is 16.5. The average Bonchev–Trinajstić information content (AvgIpc) is 2.98. The molecule has 0 saturated heterocycles. The predicted molar refractivity (Wildman–Crippen MR) is 97.7 cm³/mol. The smallest absolute Gasteiger partial charge is 0.255 e. The van der Waals surface area contributed by atoms with Gasteiger partial charge in [0.1, 0.15) is 23.9 Å². The number of methoxy groups -OCH3 is 1. The van der Waals surface area contributed by atoms with Gasteiger partial charge >= 0.3 is 0 Å². The molecule has 0 saturated carbocycles. The Bertz CT molecular complexity index is 898. The summed E-state index contributed by atoms with van der Waals surface area (Å²) in [6, 6.07) is 14.2. The van der Waals surface area contributed by atoms with E-state index >= 15 is 0 Å². The van der Waals surface area contributed by atoms with E-state index in [2.05, 4.69) is 10.5 Å². The second-order valence-corrected chi connectivity index (χ2v) is 5.81. The lowest BCUT2D eigenvalue weighted by Gasteiger charge is -2.09. The summed E-state index contributed by atoms with van der Waals surface area (Å²) in [5, 5.41) is 6.75. The maximum atomic E-state index is 12.5. The first kappa shape index (κ1) is 17.5. The molecular formula is C20H20N2O4. The number of aromatic nitrogens is 1. The van der Waals surface area contributed by atoms with Crippen LogP contribution in [0.3, 0.4) is 0 Å². The van der Waals surface area contributed by atoms with E-state index in [1.165, 1.54) is 0 Å². The van der Waals surface area contributed by atoms with Crippen LogP contribution in [0.4, 0.5) is 5.69 Å². The fraction of sp³-hybridized carbons (Fsp3) is 0.200. The highest BCUT2D eigenvalue weighted by Crippen LogP contribution is 2.21. The number of aryl methyl sites for hydroxylation is 2. The SMILES string of the molecule is COc1cccc(NC(=O)c2cccc(OCc3c(C)noc3C)c2)c1. The number of ether oxygens (including phenoxy) is 2. The van der Waals surface area contributed by atoms with Crippen molar-refractivity contribution >= 4 is 11.6 Å². The minimum absolute atomic E-state index is 0.221. The average molecular weight is 352 g/mol. The van der Waals surface area contributed by atoms with E-state index in [4.69, 9.17) is 14.0 Å². The summed E-state index contributed by atoms with van der Waals surface area (Å²) < 4.78 is 16.1. The number of benzene rings is 2. The zero-order chi connectivity index (χ0) is 18.5. The van der Waals surface area contributed by atoms with E-state index in [1.807, 2.05) is 26.0 Å². The minimum Gasteiger partial charge on any atom is -0.497 e. The van der Waals surface area contributed by atoms with Gasteiger partial charge in [0.25, 0.3) is 5.91 Å². The Morgan fingerprint density at radius 3 is 2.62 bits per heavy atom. The van der Waals surface area contributed by atoms with Crippen molar-refractivity contribution in [3.63, 3.8) is 0 Å². The van der Waals surface area contributed by atoms with Crippen LogP contribution in [0.25, 0.3) is 0 Å². The molecule has 0 fully saturated rings. The fourth-order valence-corrected chi connectivity index (χ4v) is 2.49. The van der Waals surface area contributed by atoms with Crippen LogP contribution >= 0.6 is 0 Å². The number of carbonyl (C=O) groups is 1. The number of rotatable bonds is 6. The summed E-state index contributed by atoms with van der Waals surface area (Å²) in [5.74, 6) is 1.79. The van der Waals surface area contributed by atoms with E-state index in [0.29, 0.717) is 29.4 Å². The number of carbonyl (C=O) groups excluding carboxylic acids is 1. The molecule has 0 aliphatic rings. The van der Waals surface area contributed by atoms with Crippen LogP contribution in [0.5, 0.6) is 11.5 Å².